The molecular formula is C26H21FN2O6. The van der Waals surface area contributed by atoms with Crippen LogP contribution in [0, 0.1) is 5.82 Å². The molecule has 178 valence electrons. The van der Waals surface area contributed by atoms with Crippen molar-refractivity contribution < 1.29 is 33.0 Å². The smallest absolute Gasteiger partial charge is 0.307 e. The van der Waals surface area contributed by atoms with E-state index in [2.05, 4.69) is 5.32 Å². The number of halogens is 1. The molecule has 0 radical (unpaired) electrons. The van der Waals surface area contributed by atoms with Crippen molar-refractivity contribution in [2.24, 2.45) is 0 Å². The molecule has 0 aliphatic carbocycles. The summed E-state index contributed by atoms with van der Waals surface area (Å²) < 4.78 is 24.7. The van der Waals surface area contributed by atoms with Crippen LogP contribution in [0.1, 0.15) is 38.7 Å². The first-order valence-corrected chi connectivity index (χ1v) is 10.7. The first-order chi connectivity index (χ1) is 16.9. The molecule has 0 saturated heterocycles. The highest BCUT2D eigenvalue weighted by Gasteiger charge is 2.36. The average molecular weight is 476 g/mol. The molecule has 1 heterocycles. The van der Waals surface area contributed by atoms with E-state index in [1.807, 2.05) is 0 Å². The van der Waals surface area contributed by atoms with Crippen LogP contribution >= 0.6 is 0 Å². The summed E-state index contributed by atoms with van der Waals surface area (Å²) in [5.41, 5.74) is 0.814. The second-order valence-corrected chi connectivity index (χ2v) is 7.75. The zero-order valence-electron chi connectivity index (χ0n) is 18.7. The lowest BCUT2D eigenvalue weighted by Crippen LogP contribution is -2.42. The summed E-state index contributed by atoms with van der Waals surface area (Å²) in [6, 6.07) is 17.9. The van der Waals surface area contributed by atoms with Crippen LogP contribution in [0.5, 0.6) is 11.5 Å². The summed E-state index contributed by atoms with van der Waals surface area (Å²) >= 11 is 0. The number of esters is 1. The third kappa shape index (κ3) is 5.19. The number of nitrogens with zero attached hydrogens (tertiary/aromatic N) is 1. The quantitative estimate of drug-likeness (QED) is 0.394. The maximum atomic E-state index is 14.4. The van der Waals surface area contributed by atoms with Gasteiger partial charge in [0, 0.05) is 0 Å². The number of benzene rings is 3. The van der Waals surface area contributed by atoms with E-state index in [1.165, 1.54) is 31.4 Å². The van der Waals surface area contributed by atoms with Gasteiger partial charge in [0.2, 0.25) is 5.91 Å². The fourth-order valence-corrected chi connectivity index (χ4v) is 3.70. The molecule has 3 amide bonds. The van der Waals surface area contributed by atoms with Gasteiger partial charge < -0.3 is 14.8 Å². The fourth-order valence-electron chi connectivity index (χ4n) is 3.70. The van der Waals surface area contributed by atoms with E-state index in [0.29, 0.717) is 11.3 Å². The van der Waals surface area contributed by atoms with E-state index in [-0.39, 0.29) is 23.3 Å². The number of ether oxygens (including phenoxy) is 2. The number of carbonyl (C=O) groups excluding carboxylic acids is 4. The summed E-state index contributed by atoms with van der Waals surface area (Å²) in [6.45, 7) is -0.543. The fraction of sp³-hybridized carbons (Fsp3) is 0.154. The lowest BCUT2D eigenvalue weighted by Gasteiger charge is -2.21. The van der Waals surface area contributed by atoms with Crippen molar-refractivity contribution in [1.82, 2.24) is 10.2 Å². The molecule has 9 heteroatoms. The SMILES string of the molecule is COC(=O)CC(NC(=O)CN1C(=O)c2ccccc2C1=O)c1ccc(F)c(Oc2ccccc2)c1. The van der Waals surface area contributed by atoms with Crippen LogP contribution in [-0.4, -0.2) is 42.2 Å². The van der Waals surface area contributed by atoms with Crippen LogP contribution in [0.3, 0.4) is 0 Å². The van der Waals surface area contributed by atoms with Crippen molar-refractivity contribution in [3.05, 3.63) is 95.3 Å². The maximum absolute atomic E-state index is 14.4. The minimum Gasteiger partial charge on any atom is -0.469 e. The minimum absolute atomic E-state index is 0.0989. The minimum atomic E-state index is -0.927. The van der Waals surface area contributed by atoms with Gasteiger partial charge in [-0.15, -0.1) is 0 Å². The van der Waals surface area contributed by atoms with Gasteiger partial charge in [-0.2, -0.15) is 0 Å². The second kappa shape index (κ2) is 10.2. The molecular weight excluding hydrogens is 455 g/mol. The highest BCUT2D eigenvalue weighted by atomic mass is 19.1. The van der Waals surface area contributed by atoms with Gasteiger partial charge in [0.1, 0.15) is 12.3 Å². The van der Waals surface area contributed by atoms with Crippen LogP contribution in [0.4, 0.5) is 4.39 Å². The zero-order chi connectivity index (χ0) is 24.9. The third-order valence-electron chi connectivity index (χ3n) is 5.44. The predicted molar refractivity (Wildman–Crippen MR) is 122 cm³/mol. The monoisotopic (exact) mass is 476 g/mol. The number of methoxy groups -OCH3 is 1. The molecule has 3 aromatic carbocycles. The standard InChI is InChI=1S/C26H21FN2O6/c1-34-24(31)14-21(16-11-12-20(27)22(13-16)35-17-7-3-2-4-8-17)28-23(30)15-29-25(32)18-9-5-6-10-19(18)26(29)33/h2-13,21H,14-15H2,1H3,(H,28,30). The Bertz CT molecular complexity index is 1260. The Morgan fingerprint density at radius 2 is 1.57 bits per heavy atom. The summed E-state index contributed by atoms with van der Waals surface area (Å²) in [7, 11) is 1.20. The van der Waals surface area contributed by atoms with Gasteiger partial charge in [-0.1, -0.05) is 36.4 Å². The highest BCUT2D eigenvalue weighted by molar-refractivity contribution is 6.22. The Morgan fingerprint density at radius 3 is 2.20 bits per heavy atom. The summed E-state index contributed by atoms with van der Waals surface area (Å²) in [6.07, 6.45) is -0.263. The Morgan fingerprint density at radius 1 is 0.943 bits per heavy atom. The Labute approximate surface area is 200 Å². The van der Waals surface area contributed by atoms with Gasteiger partial charge in [0.15, 0.2) is 11.6 Å². The lowest BCUT2D eigenvalue weighted by atomic mass is 10.0. The molecule has 1 aliphatic rings. The van der Waals surface area contributed by atoms with Gasteiger partial charge in [-0.3, -0.25) is 24.1 Å². The van der Waals surface area contributed by atoms with Crippen molar-refractivity contribution in [2.75, 3.05) is 13.7 Å². The first kappa shape index (κ1) is 23.6. The first-order valence-electron chi connectivity index (χ1n) is 10.7. The van der Waals surface area contributed by atoms with E-state index in [1.54, 1.807) is 42.5 Å². The van der Waals surface area contributed by atoms with E-state index in [9.17, 15) is 23.6 Å². The number of imide groups is 1. The predicted octanol–water partition coefficient (Wildman–Crippen LogP) is 3.63. The molecule has 1 unspecified atom stereocenters. The van der Waals surface area contributed by atoms with Crippen molar-refractivity contribution in [3.63, 3.8) is 0 Å². The molecule has 0 saturated carbocycles. The number of fused-ring (bicyclic) bond motifs is 1. The lowest BCUT2D eigenvalue weighted by molar-refractivity contribution is -0.141. The van der Waals surface area contributed by atoms with Gasteiger partial charge in [0.05, 0.1) is 30.7 Å². The van der Waals surface area contributed by atoms with Crippen molar-refractivity contribution in [2.45, 2.75) is 12.5 Å². The number of amides is 3. The molecule has 35 heavy (non-hydrogen) atoms. The van der Waals surface area contributed by atoms with Crippen molar-refractivity contribution in [1.29, 1.82) is 0 Å². The Balaban J connectivity index is 1.53. The largest absolute Gasteiger partial charge is 0.469 e. The van der Waals surface area contributed by atoms with Gasteiger partial charge in [0.25, 0.3) is 11.8 Å². The molecule has 8 nitrogen and oxygen atoms in total. The summed E-state index contributed by atoms with van der Waals surface area (Å²) in [5, 5.41) is 2.64. The molecule has 0 aromatic heterocycles. The normalized spacial score (nSPS) is 13.3. The molecule has 1 atom stereocenters. The molecule has 0 spiro atoms. The van der Waals surface area contributed by atoms with E-state index >= 15 is 0 Å². The number of nitrogens with one attached hydrogen (secondary N) is 1. The molecule has 0 bridgehead atoms. The van der Waals surface area contributed by atoms with E-state index in [4.69, 9.17) is 9.47 Å². The number of rotatable bonds is 8. The third-order valence-corrected chi connectivity index (χ3v) is 5.44. The van der Waals surface area contributed by atoms with E-state index < -0.39 is 42.1 Å². The van der Waals surface area contributed by atoms with Crippen LogP contribution in [0.15, 0.2) is 72.8 Å². The maximum Gasteiger partial charge on any atom is 0.307 e. The molecule has 1 N–H and O–H groups in total. The van der Waals surface area contributed by atoms with Crippen molar-refractivity contribution in [3.8, 4) is 11.5 Å². The summed E-state index contributed by atoms with van der Waals surface area (Å²) in [5.74, 6) is -2.78. The van der Waals surface area contributed by atoms with Gasteiger partial charge in [-0.05, 0) is 42.0 Å². The van der Waals surface area contributed by atoms with Gasteiger partial charge in [-0.25, -0.2) is 4.39 Å². The Kier molecular flexibility index (Phi) is 6.86. The number of carbonyl (C=O) groups is 4. The highest BCUT2D eigenvalue weighted by Crippen LogP contribution is 2.29. The molecule has 1 aliphatic heterocycles. The van der Waals surface area contributed by atoms with Gasteiger partial charge >= 0.3 is 5.97 Å². The van der Waals surface area contributed by atoms with Crippen LogP contribution in [0.25, 0.3) is 0 Å². The van der Waals surface area contributed by atoms with Crippen molar-refractivity contribution >= 4 is 23.7 Å². The second-order valence-electron chi connectivity index (χ2n) is 7.75. The number of hydrogen-bond acceptors (Lipinski definition) is 6. The van der Waals surface area contributed by atoms with E-state index in [0.717, 1.165) is 11.0 Å². The Hall–Kier alpha value is -4.53. The molecule has 0 fully saturated rings. The average Bonchev–Trinajstić information content (AvgIpc) is 3.10. The number of hydrogen-bond donors (Lipinski definition) is 1. The summed E-state index contributed by atoms with van der Waals surface area (Å²) in [4.78, 5) is 50.8. The topological polar surface area (TPSA) is 102 Å². The van der Waals surface area contributed by atoms with Crippen LogP contribution in [-0.2, 0) is 14.3 Å². The van der Waals surface area contributed by atoms with Crippen LogP contribution < -0.4 is 10.1 Å². The number of para-hydroxylation sites is 1. The zero-order valence-corrected chi connectivity index (χ0v) is 18.7. The molecule has 3 aromatic rings. The van der Waals surface area contributed by atoms with Crippen LogP contribution in [0.2, 0.25) is 0 Å². The molecule has 4 rings (SSSR count).